The molecule has 0 aliphatic rings. The standard InChI is InChI=1S/C18H19N3O/c1-2-14-21-15-13-20-18(21)11-10-17(22)9-4-3-7-16-8-5-6-12-19-16/h3-13,15H,2,14H2,1H3/b7-3+,9-4+,11-10+. The van der Waals surface area contributed by atoms with Crippen LogP contribution in [-0.2, 0) is 11.3 Å². The number of rotatable bonds is 7. The third kappa shape index (κ3) is 4.98. The molecular weight excluding hydrogens is 274 g/mol. The van der Waals surface area contributed by atoms with E-state index in [1.807, 2.05) is 35.0 Å². The van der Waals surface area contributed by atoms with Crippen LogP contribution in [0.2, 0.25) is 0 Å². The third-order valence-corrected chi connectivity index (χ3v) is 2.94. The first-order valence-electron chi connectivity index (χ1n) is 7.28. The van der Waals surface area contributed by atoms with Gasteiger partial charge in [-0.05, 0) is 42.9 Å². The molecule has 2 heterocycles. The van der Waals surface area contributed by atoms with E-state index in [9.17, 15) is 4.79 Å². The largest absolute Gasteiger partial charge is 0.332 e. The van der Waals surface area contributed by atoms with E-state index < -0.39 is 0 Å². The van der Waals surface area contributed by atoms with E-state index >= 15 is 0 Å². The number of hydrogen-bond acceptors (Lipinski definition) is 3. The summed E-state index contributed by atoms with van der Waals surface area (Å²) in [7, 11) is 0. The van der Waals surface area contributed by atoms with Crippen molar-refractivity contribution in [1.29, 1.82) is 0 Å². The van der Waals surface area contributed by atoms with Crippen molar-refractivity contribution in [3.63, 3.8) is 0 Å². The summed E-state index contributed by atoms with van der Waals surface area (Å²) in [6.45, 7) is 3.01. The van der Waals surface area contributed by atoms with Crippen molar-refractivity contribution in [1.82, 2.24) is 14.5 Å². The molecule has 0 unspecified atom stereocenters. The maximum absolute atomic E-state index is 11.8. The number of pyridine rings is 1. The first kappa shape index (κ1) is 15.6. The molecule has 0 amide bonds. The Bertz CT molecular complexity index is 681. The molecule has 0 aliphatic carbocycles. The summed E-state index contributed by atoms with van der Waals surface area (Å²) in [5.41, 5.74) is 0.858. The van der Waals surface area contributed by atoms with Gasteiger partial charge >= 0.3 is 0 Å². The fourth-order valence-electron chi connectivity index (χ4n) is 1.90. The minimum absolute atomic E-state index is 0.0725. The molecule has 0 bridgehead atoms. The summed E-state index contributed by atoms with van der Waals surface area (Å²) in [5, 5.41) is 0. The number of hydrogen-bond donors (Lipinski definition) is 0. The summed E-state index contributed by atoms with van der Waals surface area (Å²) in [5.74, 6) is 0.726. The van der Waals surface area contributed by atoms with Crippen molar-refractivity contribution in [2.45, 2.75) is 19.9 Å². The monoisotopic (exact) mass is 293 g/mol. The summed E-state index contributed by atoms with van der Waals surface area (Å²) >= 11 is 0. The summed E-state index contributed by atoms with van der Waals surface area (Å²) in [6.07, 6.45) is 16.6. The predicted molar refractivity (Wildman–Crippen MR) is 89.0 cm³/mol. The maximum Gasteiger partial charge on any atom is 0.178 e. The zero-order valence-electron chi connectivity index (χ0n) is 12.6. The Morgan fingerprint density at radius 2 is 2.05 bits per heavy atom. The van der Waals surface area contributed by atoms with E-state index in [2.05, 4.69) is 16.9 Å². The average Bonchev–Trinajstić information content (AvgIpc) is 2.98. The van der Waals surface area contributed by atoms with Crippen LogP contribution in [0.1, 0.15) is 24.9 Å². The van der Waals surface area contributed by atoms with E-state index in [0.29, 0.717) is 0 Å². The van der Waals surface area contributed by atoms with Crippen LogP contribution in [0.3, 0.4) is 0 Å². The number of ketones is 1. The fourth-order valence-corrected chi connectivity index (χ4v) is 1.90. The lowest BCUT2D eigenvalue weighted by molar-refractivity contribution is -0.110. The molecule has 0 radical (unpaired) electrons. The quantitative estimate of drug-likeness (QED) is 0.579. The molecule has 2 rings (SSSR count). The van der Waals surface area contributed by atoms with Gasteiger partial charge in [0, 0.05) is 25.1 Å². The van der Waals surface area contributed by atoms with Gasteiger partial charge in [0.15, 0.2) is 5.78 Å². The molecule has 2 aromatic heterocycles. The predicted octanol–water partition coefficient (Wildman–Crippen LogP) is 3.54. The number of allylic oxidation sites excluding steroid dienone is 4. The van der Waals surface area contributed by atoms with Crippen molar-refractivity contribution in [3.8, 4) is 0 Å². The van der Waals surface area contributed by atoms with Gasteiger partial charge in [-0.1, -0.05) is 25.1 Å². The summed E-state index contributed by atoms with van der Waals surface area (Å²) in [4.78, 5) is 20.1. The highest BCUT2D eigenvalue weighted by molar-refractivity contribution is 6.01. The minimum Gasteiger partial charge on any atom is -0.332 e. The van der Waals surface area contributed by atoms with Crippen molar-refractivity contribution < 1.29 is 4.79 Å². The van der Waals surface area contributed by atoms with Crippen LogP contribution in [0.25, 0.3) is 12.2 Å². The summed E-state index contributed by atoms with van der Waals surface area (Å²) in [6, 6.07) is 5.69. The zero-order chi connectivity index (χ0) is 15.6. The molecule has 0 N–H and O–H groups in total. The van der Waals surface area contributed by atoms with Crippen LogP contribution in [-0.4, -0.2) is 20.3 Å². The second-order valence-corrected chi connectivity index (χ2v) is 4.69. The van der Waals surface area contributed by atoms with Crippen molar-refractivity contribution in [2.24, 2.45) is 0 Å². The molecule has 0 saturated heterocycles. The van der Waals surface area contributed by atoms with Gasteiger partial charge in [0.2, 0.25) is 0 Å². The van der Waals surface area contributed by atoms with Crippen LogP contribution in [0.5, 0.6) is 0 Å². The van der Waals surface area contributed by atoms with Gasteiger partial charge in [0.1, 0.15) is 5.82 Å². The first-order chi connectivity index (χ1) is 10.8. The van der Waals surface area contributed by atoms with Crippen molar-refractivity contribution in [2.75, 3.05) is 0 Å². The molecule has 0 spiro atoms. The van der Waals surface area contributed by atoms with Gasteiger partial charge in [-0.15, -0.1) is 0 Å². The van der Waals surface area contributed by atoms with Crippen LogP contribution < -0.4 is 0 Å². The van der Waals surface area contributed by atoms with E-state index in [4.69, 9.17) is 0 Å². The smallest absolute Gasteiger partial charge is 0.178 e. The van der Waals surface area contributed by atoms with Crippen molar-refractivity contribution >= 4 is 17.9 Å². The van der Waals surface area contributed by atoms with Gasteiger partial charge in [-0.25, -0.2) is 4.98 Å². The Morgan fingerprint density at radius 3 is 2.82 bits per heavy atom. The lowest BCUT2D eigenvalue weighted by Gasteiger charge is -2.00. The van der Waals surface area contributed by atoms with Gasteiger partial charge in [0.25, 0.3) is 0 Å². The maximum atomic E-state index is 11.8. The lowest BCUT2D eigenvalue weighted by Crippen LogP contribution is -1.98. The Balaban J connectivity index is 1.89. The van der Waals surface area contributed by atoms with E-state index in [0.717, 1.165) is 24.5 Å². The molecule has 112 valence electrons. The van der Waals surface area contributed by atoms with Crippen molar-refractivity contribution in [3.05, 3.63) is 72.6 Å². The molecule has 2 aromatic rings. The fraction of sp³-hybridized carbons (Fsp3) is 0.167. The highest BCUT2D eigenvalue weighted by atomic mass is 16.1. The number of aromatic nitrogens is 3. The van der Waals surface area contributed by atoms with Crippen LogP contribution in [0, 0.1) is 0 Å². The highest BCUT2D eigenvalue weighted by Gasteiger charge is 1.97. The molecule has 4 heteroatoms. The SMILES string of the molecule is CCCn1ccnc1/C=C/C(=O)/C=C/C=C/c1ccccn1. The molecule has 0 atom stereocenters. The normalized spacial score (nSPS) is 11.9. The second-order valence-electron chi connectivity index (χ2n) is 4.69. The molecule has 0 aromatic carbocycles. The van der Waals surface area contributed by atoms with Gasteiger partial charge in [0.05, 0.1) is 5.69 Å². The number of imidazole rings is 1. The third-order valence-electron chi connectivity index (χ3n) is 2.94. The number of carbonyl (C=O) groups excluding carboxylic acids is 1. The molecule has 0 fully saturated rings. The van der Waals surface area contributed by atoms with Crippen LogP contribution in [0.15, 0.2) is 61.1 Å². The van der Waals surface area contributed by atoms with Gasteiger partial charge in [-0.2, -0.15) is 0 Å². The Labute approximate surface area is 130 Å². The molecule has 0 aliphatic heterocycles. The Hall–Kier alpha value is -2.75. The number of nitrogens with zero attached hydrogens (tertiary/aromatic N) is 3. The number of aryl methyl sites for hydroxylation is 1. The Kier molecular flexibility index (Phi) is 6.05. The topological polar surface area (TPSA) is 47.8 Å². The highest BCUT2D eigenvalue weighted by Crippen LogP contribution is 2.02. The van der Waals surface area contributed by atoms with Gasteiger partial charge in [-0.3, -0.25) is 9.78 Å². The van der Waals surface area contributed by atoms with Crippen LogP contribution >= 0.6 is 0 Å². The van der Waals surface area contributed by atoms with E-state index in [1.165, 1.54) is 12.2 Å². The summed E-state index contributed by atoms with van der Waals surface area (Å²) < 4.78 is 2.02. The molecular formula is C18H19N3O. The van der Waals surface area contributed by atoms with E-state index in [-0.39, 0.29) is 5.78 Å². The number of carbonyl (C=O) groups is 1. The average molecular weight is 293 g/mol. The Morgan fingerprint density at radius 1 is 1.14 bits per heavy atom. The zero-order valence-corrected chi connectivity index (χ0v) is 12.6. The minimum atomic E-state index is -0.0725. The molecule has 22 heavy (non-hydrogen) atoms. The lowest BCUT2D eigenvalue weighted by atomic mass is 10.3. The molecule has 4 nitrogen and oxygen atoms in total. The molecule has 0 saturated carbocycles. The van der Waals surface area contributed by atoms with Gasteiger partial charge < -0.3 is 4.57 Å². The van der Waals surface area contributed by atoms with Crippen LogP contribution in [0.4, 0.5) is 0 Å². The van der Waals surface area contributed by atoms with E-state index in [1.54, 1.807) is 30.6 Å². The second kappa shape index (κ2) is 8.52. The first-order valence-corrected chi connectivity index (χ1v) is 7.28.